The molecule has 1 unspecified atom stereocenters. The third kappa shape index (κ3) is 3.55. The molecular weight excluding hydrogens is 278 g/mol. The summed E-state index contributed by atoms with van der Waals surface area (Å²) in [5.74, 6) is 0.650. The quantitative estimate of drug-likeness (QED) is 0.873. The van der Waals surface area contributed by atoms with Gasteiger partial charge >= 0.3 is 0 Å². The summed E-state index contributed by atoms with van der Waals surface area (Å²) in [6, 6.07) is 0.521. The van der Waals surface area contributed by atoms with E-state index >= 15 is 0 Å². The molecule has 17 heavy (non-hydrogen) atoms. The van der Waals surface area contributed by atoms with E-state index < -0.39 is 0 Å². The van der Waals surface area contributed by atoms with Crippen LogP contribution >= 0.6 is 15.9 Å². The van der Waals surface area contributed by atoms with Gasteiger partial charge in [0.15, 0.2) is 0 Å². The number of halogens is 1. The lowest BCUT2D eigenvalue weighted by Crippen LogP contribution is -2.31. The summed E-state index contributed by atoms with van der Waals surface area (Å²) < 4.78 is 3.26. The smallest absolute Gasteiger partial charge is 0.0767 e. The van der Waals surface area contributed by atoms with Crippen molar-refractivity contribution in [1.29, 1.82) is 0 Å². The molecule has 3 nitrogen and oxygen atoms in total. The zero-order valence-corrected chi connectivity index (χ0v) is 13.1. The molecule has 1 heterocycles. The predicted octanol–water partition coefficient (Wildman–Crippen LogP) is 3.36. The van der Waals surface area contributed by atoms with Gasteiger partial charge in [-0.25, -0.2) is 0 Å². The van der Waals surface area contributed by atoms with Crippen LogP contribution in [0.4, 0.5) is 0 Å². The van der Waals surface area contributed by atoms with Gasteiger partial charge < -0.3 is 5.32 Å². The van der Waals surface area contributed by atoms with Crippen molar-refractivity contribution >= 4 is 15.9 Å². The molecule has 0 bridgehead atoms. The zero-order valence-electron chi connectivity index (χ0n) is 11.5. The molecule has 4 heteroatoms. The number of hydrogen-bond donors (Lipinski definition) is 1. The first-order chi connectivity index (χ1) is 8.01. The van der Waals surface area contributed by atoms with E-state index in [1.165, 1.54) is 10.2 Å². The molecule has 0 aliphatic rings. The molecule has 1 atom stereocenters. The summed E-state index contributed by atoms with van der Waals surface area (Å²) in [7, 11) is 0. The molecule has 98 valence electrons. The Labute approximate surface area is 113 Å². The van der Waals surface area contributed by atoms with Crippen LogP contribution in [-0.4, -0.2) is 15.8 Å². The topological polar surface area (TPSA) is 29.9 Å². The average molecular weight is 302 g/mol. The van der Waals surface area contributed by atoms with Crippen molar-refractivity contribution in [2.45, 2.75) is 60.2 Å². The highest BCUT2D eigenvalue weighted by atomic mass is 79.9. The molecule has 0 aliphatic heterocycles. The van der Waals surface area contributed by atoms with Crippen molar-refractivity contribution in [2.75, 3.05) is 0 Å². The molecule has 1 aromatic rings. The molecule has 0 saturated heterocycles. The molecule has 1 rings (SSSR count). The number of nitrogens with zero attached hydrogens (tertiary/aromatic N) is 2. The first-order valence-electron chi connectivity index (χ1n) is 6.48. The Morgan fingerprint density at radius 2 is 1.94 bits per heavy atom. The van der Waals surface area contributed by atoms with Gasteiger partial charge in [0.25, 0.3) is 0 Å². The van der Waals surface area contributed by atoms with Crippen molar-refractivity contribution in [3.05, 3.63) is 15.9 Å². The molecule has 0 aromatic carbocycles. The highest BCUT2D eigenvalue weighted by Gasteiger charge is 2.15. The Morgan fingerprint density at radius 3 is 2.41 bits per heavy atom. The van der Waals surface area contributed by atoms with Gasteiger partial charge in [0.05, 0.1) is 15.9 Å². The lowest BCUT2D eigenvalue weighted by Gasteiger charge is -2.17. The SMILES string of the molecule is CCc1nn(CC)c(CNC(C)C(C)C)c1Br. The lowest BCUT2D eigenvalue weighted by molar-refractivity contribution is 0.416. The van der Waals surface area contributed by atoms with Gasteiger partial charge in [-0.2, -0.15) is 5.10 Å². The maximum atomic E-state index is 4.60. The van der Waals surface area contributed by atoms with Gasteiger partial charge in [-0.15, -0.1) is 0 Å². The highest BCUT2D eigenvalue weighted by molar-refractivity contribution is 9.10. The van der Waals surface area contributed by atoms with Gasteiger partial charge in [0, 0.05) is 19.1 Å². The minimum atomic E-state index is 0.521. The Kier molecular flexibility index (Phi) is 5.67. The fourth-order valence-electron chi connectivity index (χ4n) is 1.68. The standard InChI is InChI=1S/C13H24BrN3/c1-6-11-13(14)12(17(7-2)16-11)8-15-10(5)9(3)4/h9-10,15H,6-8H2,1-5H3. The molecule has 0 aliphatic carbocycles. The van der Waals surface area contributed by atoms with Crippen molar-refractivity contribution in [1.82, 2.24) is 15.1 Å². The van der Waals surface area contributed by atoms with Crippen LogP contribution in [0, 0.1) is 5.92 Å². The third-order valence-corrected chi connectivity index (χ3v) is 4.20. The van der Waals surface area contributed by atoms with Crippen molar-refractivity contribution < 1.29 is 0 Å². The predicted molar refractivity (Wildman–Crippen MR) is 76.1 cm³/mol. The Bertz CT molecular complexity index is 358. The van der Waals surface area contributed by atoms with E-state index in [0.717, 1.165) is 25.2 Å². The summed E-state index contributed by atoms with van der Waals surface area (Å²) >= 11 is 3.67. The largest absolute Gasteiger partial charge is 0.308 e. The van der Waals surface area contributed by atoms with Crippen molar-refractivity contribution in [3.8, 4) is 0 Å². The Hall–Kier alpha value is -0.350. The number of nitrogens with one attached hydrogen (secondary N) is 1. The van der Waals surface area contributed by atoms with Gasteiger partial charge in [-0.05, 0) is 42.1 Å². The molecule has 0 saturated carbocycles. The molecule has 0 spiro atoms. The van der Waals surface area contributed by atoms with Gasteiger partial charge in [-0.1, -0.05) is 20.8 Å². The molecule has 1 N–H and O–H groups in total. The normalized spacial score (nSPS) is 13.4. The average Bonchev–Trinajstić information content (AvgIpc) is 2.62. The first-order valence-corrected chi connectivity index (χ1v) is 7.27. The third-order valence-electron chi connectivity index (χ3n) is 3.29. The highest BCUT2D eigenvalue weighted by Crippen LogP contribution is 2.22. The fraction of sp³-hybridized carbons (Fsp3) is 0.769. The van der Waals surface area contributed by atoms with Crippen molar-refractivity contribution in [3.63, 3.8) is 0 Å². The van der Waals surface area contributed by atoms with Crippen LogP contribution in [0.1, 0.15) is 46.0 Å². The van der Waals surface area contributed by atoms with Crippen LogP contribution in [0.5, 0.6) is 0 Å². The van der Waals surface area contributed by atoms with Crippen molar-refractivity contribution in [2.24, 2.45) is 5.92 Å². The summed E-state index contributed by atoms with van der Waals surface area (Å²) in [5, 5.41) is 8.16. The van der Waals surface area contributed by atoms with Gasteiger partial charge in [0.1, 0.15) is 0 Å². The molecular formula is C13H24BrN3. The minimum absolute atomic E-state index is 0.521. The van der Waals surface area contributed by atoms with E-state index in [0.29, 0.717) is 12.0 Å². The van der Waals surface area contributed by atoms with E-state index in [1.54, 1.807) is 0 Å². The summed E-state index contributed by atoms with van der Waals surface area (Å²) in [4.78, 5) is 0. The summed E-state index contributed by atoms with van der Waals surface area (Å²) in [6.07, 6.45) is 0.973. The first kappa shape index (κ1) is 14.7. The van der Waals surface area contributed by atoms with Crippen LogP contribution in [0.2, 0.25) is 0 Å². The molecule has 0 amide bonds. The lowest BCUT2D eigenvalue weighted by atomic mass is 10.1. The maximum absolute atomic E-state index is 4.60. The zero-order chi connectivity index (χ0) is 13.0. The van der Waals surface area contributed by atoms with E-state index in [4.69, 9.17) is 0 Å². The van der Waals surface area contributed by atoms with E-state index in [1.807, 2.05) is 0 Å². The second-order valence-electron chi connectivity index (χ2n) is 4.79. The van der Waals surface area contributed by atoms with Crippen LogP contribution in [0.3, 0.4) is 0 Å². The van der Waals surface area contributed by atoms with Gasteiger partial charge in [-0.3, -0.25) is 4.68 Å². The number of hydrogen-bond acceptors (Lipinski definition) is 2. The van der Waals surface area contributed by atoms with Crippen LogP contribution < -0.4 is 5.32 Å². The van der Waals surface area contributed by atoms with Crippen LogP contribution in [0.25, 0.3) is 0 Å². The second-order valence-corrected chi connectivity index (χ2v) is 5.58. The molecule has 0 radical (unpaired) electrons. The van der Waals surface area contributed by atoms with Crippen LogP contribution in [-0.2, 0) is 19.5 Å². The fourth-order valence-corrected chi connectivity index (χ4v) is 2.38. The second kappa shape index (κ2) is 6.55. The minimum Gasteiger partial charge on any atom is -0.308 e. The Morgan fingerprint density at radius 1 is 1.29 bits per heavy atom. The monoisotopic (exact) mass is 301 g/mol. The number of rotatable bonds is 6. The summed E-state index contributed by atoms with van der Waals surface area (Å²) in [6.45, 7) is 12.8. The number of aromatic nitrogens is 2. The van der Waals surface area contributed by atoms with E-state index in [9.17, 15) is 0 Å². The van der Waals surface area contributed by atoms with Gasteiger partial charge in [0.2, 0.25) is 0 Å². The van der Waals surface area contributed by atoms with Crippen LogP contribution in [0.15, 0.2) is 4.47 Å². The molecule has 0 fully saturated rings. The summed E-state index contributed by atoms with van der Waals surface area (Å²) in [5.41, 5.74) is 2.41. The van der Waals surface area contributed by atoms with E-state index in [2.05, 4.69) is 65.6 Å². The molecule has 1 aromatic heterocycles. The maximum Gasteiger partial charge on any atom is 0.0767 e. The Balaban J connectivity index is 2.79. The van der Waals surface area contributed by atoms with E-state index in [-0.39, 0.29) is 0 Å². The number of aryl methyl sites for hydroxylation is 2.